The van der Waals surface area contributed by atoms with Gasteiger partial charge in [0.1, 0.15) is 30.7 Å². The van der Waals surface area contributed by atoms with Crippen LogP contribution in [0.3, 0.4) is 0 Å². The maximum Gasteiger partial charge on any atom is 0.422 e. The molecule has 8 nitrogen and oxygen atoms in total. The maximum atomic E-state index is 12.2. The van der Waals surface area contributed by atoms with Gasteiger partial charge in [-0.1, -0.05) is 0 Å². The number of ether oxygens (including phenoxy) is 1. The van der Waals surface area contributed by atoms with E-state index in [1.165, 1.54) is 15.2 Å². The predicted molar refractivity (Wildman–Crippen MR) is 61.2 cm³/mol. The van der Waals surface area contributed by atoms with Crippen LogP contribution in [0.2, 0.25) is 0 Å². The first-order valence-corrected chi connectivity index (χ1v) is 5.86. The van der Waals surface area contributed by atoms with E-state index < -0.39 is 36.8 Å². The second kappa shape index (κ2) is 4.42. The summed E-state index contributed by atoms with van der Waals surface area (Å²) < 4.78 is 7.86. The summed E-state index contributed by atoms with van der Waals surface area (Å²) in [4.78, 5) is 15.1. The second-order valence-electron chi connectivity index (χ2n) is 4.45. The number of aromatic amines is 1. The van der Waals surface area contributed by atoms with Gasteiger partial charge < -0.3 is 20.1 Å². The summed E-state index contributed by atoms with van der Waals surface area (Å²) in [6, 6.07) is 1.65. The minimum atomic E-state index is -1.27. The van der Waals surface area contributed by atoms with Gasteiger partial charge in [-0.15, -0.1) is 4.40 Å². The maximum absolute atomic E-state index is 12.2. The van der Waals surface area contributed by atoms with Crippen molar-refractivity contribution < 1.29 is 25.0 Å². The Bertz CT molecular complexity index is 651. The number of aromatic nitrogens is 3. The zero-order valence-corrected chi connectivity index (χ0v) is 9.88. The Morgan fingerprint density at radius 1 is 1.32 bits per heavy atom. The van der Waals surface area contributed by atoms with Gasteiger partial charge in [0.05, 0.1) is 6.61 Å². The van der Waals surface area contributed by atoms with Crippen LogP contribution in [0.5, 0.6) is 0 Å². The van der Waals surface area contributed by atoms with Gasteiger partial charge in [-0.25, -0.2) is 9.78 Å². The highest BCUT2D eigenvalue weighted by atomic mass is 16.6. The van der Waals surface area contributed by atoms with Gasteiger partial charge in [0.2, 0.25) is 0 Å². The molecule has 0 spiro atoms. The van der Waals surface area contributed by atoms with Gasteiger partial charge in [-0.2, -0.15) is 0 Å². The van der Waals surface area contributed by atoms with Crippen LogP contribution >= 0.6 is 0 Å². The van der Waals surface area contributed by atoms with Crippen molar-refractivity contribution in [3.8, 4) is 0 Å². The fraction of sp³-hybridized carbons (Fsp3) is 0.455. The van der Waals surface area contributed by atoms with Crippen molar-refractivity contribution in [2.75, 3.05) is 6.61 Å². The van der Waals surface area contributed by atoms with Crippen LogP contribution in [0.1, 0.15) is 6.23 Å². The minimum absolute atomic E-state index is 0.409. The van der Waals surface area contributed by atoms with E-state index in [-0.39, 0.29) is 0 Å². The van der Waals surface area contributed by atoms with Gasteiger partial charge in [0, 0.05) is 12.3 Å². The number of aliphatic hydroxyl groups is 3. The predicted octanol–water partition coefficient (Wildman–Crippen LogP) is -2.47. The van der Waals surface area contributed by atoms with Crippen LogP contribution in [0.4, 0.5) is 0 Å². The number of aliphatic hydroxyl groups excluding tert-OH is 3. The number of nitrogens with one attached hydrogen (secondary N) is 1. The van der Waals surface area contributed by atoms with E-state index in [9.17, 15) is 15.0 Å². The first-order valence-electron chi connectivity index (χ1n) is 5.86. The molecule has 1 aliphatic rings. The number of rotatable bonds is 2. The van der Waals surface area contributed by atoms with Crippen LogP contribution in [0.15, 0.2) is 29.5 Å². The van der Waals surface area contributed by atoms with Crippen LogP contribution in [0, 0.1) is 0 Å². The van der Waals surface area contributed by atoms with Crippen molar-refractivity contribution >= 4 is 5.65 Å². The van der Waals surface area contributed by atoms with Crippen LogP contribution in [-0.2, 0) is 4.74 Å². The highest BCUT2D eigenvalue weighted by molar-refractivity contribution is 5.28. The number of fused-ring (bicyclic) bond motifs is 1. The quantitative estimate of drug-likeness (QED) is 0.559. The Kier molecular flexibility index (Phi) is 2.86. The summed E-state index contributed by atoms with van der Waals surface area (Å²) in [7, 11) is 0. The van der Waals surface area contributed by atoms with Gasteiger partial charge in [-0.3, -0.25) is 4.57 Å². The number of imidazole rings is 1. The second-order valence-corrected chi connectivity index (χ2v) is 4.45. The number of hydrogen-bond acceptors (Lipinski definition) is 5. The smallest absolute Gasteiger partial charge is 0.394 e. The van der Waals surface area contributed by atoms with E-state index in [1.807, 2.05) is 0 Å². The molecule has 0 radical (unpaired) electrons. The summed E-state index contributed by atoms with van der Waals surface area (Å²) in [6.45, 7) is -0.428. The lowest BCUT2D eigenvalue weighted by Crippen LogP contribution is -2.37. The zero-order valence-electron chi connectivity index (χ0n) is 9.88. The Balaban J connectivity index is 2.05. The van der Waals surface area contributed by atoms with E-state index >= 15 is 0 Å². The number of H-pyrrole nitrogens is 1. The SMILES string of the molecule is O=c1n([C@@H]2O[C@@H](CO)[C@@H](O)[C@@H]2O)ccc2[nH+]ccn12. The lowest BCUT2D eigenvalue weighted by atomic mass is 10.1. The molecule has 0 saturated carbocycles. The molecule has 0 aliphatic carbocycles. The molecule has 0 aromatic carbocycles. The molecule has 102 valence electrons. The average molecular weight is 268 g/mol. The van der Waals surface area contributed by atoms with Crippen LogP contribution < -0.4 is 10.7 Å². The number of nitrogens with zero attached hydrogens (tertiary/aromatic N) is 2. The summed E-state index contributed by atoms with van der Waals surface area (Å²) in [5.74, 6) is 0. The first-order chi connectivity index (χ1) is 9.13. The lowest BCUT2D eigenvalue weighted by Gasteiger charge is -2.15. The molecule has 4 N–H and O–H groups in total. The topological polar surface area (TPSA) is 110 Å². The molecule has 1 saturated heterocycles. The monoisotopic (exact) mass is 268 g/mol. The highest BCUT2D eigenvalue weighted by Crippen LogP contribution is 2.27. The fourth-order valence-corrected chi connectivity index (χ4v) is 2.28. The molecule has 3 rings (SSSR count). The molecular formula is C11H14N3O5+. The molecule has 4 atom stereocenters. The molecule has 8 heteroatoms. The molecule has 2 aromatic heterocycles. The third-order valence-corrected chi connectivity index (χ3v) is 3.33. The zero-order chi connectivity index (χ0) is 13.6. The Hall–Kier alpha value is -1.74. The Labute approximate surface area is 107 Å². The highest BCUT2D eigenvalue weighted by Gasteiger charge is 2.44. The minimum Gasteiger partial charge on any atom is -0.394 e. The number of hydrogen-bond donors (Lipinski definition) is 3. The van der Waals surface area contributed by atoms with Gasteiger partial charge in [0.15, 0.2) is 6.23 Å². The van der Waals surface area contributed by atoms with Gasteiger partial charge in [-0.05, 0) is 0 Å². The lowest BCUT2D eigenvalue weighted by molar-refractivity contribution is -0.343. The summed E-state index contributed by atoms with van der Waals surface area (Å²) in [5, 5.41) is 28.6. The van der Waals surface area contributed by atoms with Crippen molar-refractivity contribution in [3.05, 3.63) is 35.1 Å². The third kappa shape index (κ3) is 1.77. The standard InChI is InChI=1S/C11H13N3O5/c15-5-6-8(16)9(17)10(19-6)14-3-1-7-12-2-4-13(7)11(14)18/h1-4,6,8-10,15-17H,5H2/p+1/t6-,8+,9-,10+/m0/s1. The third-order valence-electron chi connectivity index (χ3n) is 3.33. The van der Waals surface area contributed by atoms with Crippen molar-refractivity contribution in [2.24, 2.45) is 0 Å². The summed E-state index contributed by atoms with van der Waals surface area (Å²) in [5.41, 5.74) is 0.196. The summed E-state index contributed by atoms with van der Waals surface area (Å²) in [6.07, 6.45) is 0.202. The molecule has 1 fully saturated rings. The van der Waals surface area contributed by atoms with Gasteiger partial charge in [0.25, 0.3) is 5.65 Å². The van der Waals surface area contributed by atoms with Crippen molar-refractivity contribution in [1.82, 2.24) is 8.97 Å². The van der Waals surface area contributed by atoms with Crippen molar-refractivity contribution in [2.45, 2.75) is 24.5 Å². The van der Waals surface area contributed by atoms with E-state index in [1.54, 1.807) is 18.5 Å². The normalized spacial score (nSPS) is 31.1. The average Bonchev–Trinajstić information content (AvgIpc) is 2.98. The Morgan fingerprint density at radius 2 is 2.11 bits per heavy atom. The fourth-order valence-electron chi connectivity index (χ4n) is 2.28. The van der Waals surface area contributed by atoms with Crippen LogP contribution in [-0.4, -0.2) is 49.2 Å². The molecular weight excluding hydrogens is 254 g/mol. The van der Waals surface area contributed by atoms with Crippen molar-refractivity contribution in [1.29, 1.82) is 0 Å². The molecule has 3 heterocycles. The van der Waals surface area contributed by atoms with Crippen molar-refractivity contribution in [3.63, 3.8) is 0 Å². The van der Waals surface area contributed by atoms with E-state index in [4.69, 9.17) is 9.84 Å². The summed E-state index contributed by atoms with van der Waals surface area (Å²) >= 11 is 0. The first kappa shape index (κ1) is 12.3. The van der Waals surface area contributed by atoms with E-state index in [2.05, 4.69) is 4.98 Å². The van der Waals surface area contributed by atoms with E-state index in [0.29, 0.717) is 5.65 Å². The largest absolute Gasteiger partial charge is 0.422 e. The Morgan fingerprint density at radius 3 is 2.79 bits per heavy atom. The molecule has 2 aromatic rings. The molecule has 19 heavy (non-hydrogen) atoms. The molecule has 0 amide bonds. The molecule has 1 aliphatic heterocycles. The van der Waals surface area contributed by atoms with Crippen LogP contribution in [0.25, 0.3) is 5.65 Å². The van der Waals surface area contributed by atoms with Gasteiger partial charge >= 0.3 is 5.69 Å². The van der Waals surface area contributed by atoms with E-state index in [0.717, 1.165) is 0 Å². The molecule has 0 bridgehead atoms. The molecule has 0 unspecified atom stereocenters.